The van der Waals surface area contributed by atoms with E-state index in [2.05, 4.69) is 4.98 Å². The van der Waals surface area contributed by atoms with Gasteiger partial charge in [-0.1, -0.05) is 0 Å². The molecule has 0 spiro atoms. The van der Waals surface area contributed by atoms with E-state index in [4.69, 9.17) is 0 Å². The first-order valence-corrected chi connectivity index (χ1v) is 2.52. The SMILES string of the molecule is Cc1cc(F)[nH]c1C. The molecule has 0 aromatic carbocycles. The van der Waals surface area contributed by atoms with Crippen LogP contribution in [-0.4, -0.2) is 4.98 Å². The lowest BCUT2D eigenvalue weighted by Gasteiger charge is -1.81. The van der Waals surface area contributed by atoms with Crippen molar-refractivity contribution in [1.82, 2.24) is 4.98 Å². The molecule has 1 heterocycles. The third kappa shape index (κ3) is 0.735. The quantitative estimate of drug-likeness (QED) is 0.527. The Kier molecular flexibility index (Phi) is 1.08. The normalized spacial score (nSPS) is 9.88. The van der Waals surface area contributed by atoms with Gasteiger partial charge in [0, 0.05) is 5.69 Å². The molecule has 0 saturated heterocycles. The maximum Gasteiger partial charge on any atom is 0.191 e. The first-order chi connectivity index (χ1) is 3.70. The standard InChI is InChI=1S/C6H8FN/c1-4-3-6(7)8-5(4)2/h3,8H,1-2H3. The van der Waals surface area contributed by atoms with Crippen molar-refractivity contribution >= 4 is 0 Å². The van der Waals surface area contributed by atoms with E-state index >= 15 is 0 Å². The highest BCUT2D eigenvalue weighted by molar-refractivity contribution is 5.17. The number of rotatable bonds is 0. The summed E-state index contributed by atoms with van der Waals surface area (Å²) in [5, 5.41) is 0. The molecule has 0 bridgehead atoms. The zero-order valence-electron chi connectivity index (χ0n) is 4.96. The summed E-state index contributed by atoms with van der Waals surface area (Å²) in [6, 6.07) is 1.48. The zero-order valence-corrected chi connectivity index (χ0v) is 4.96. The Balaban J connectivity index is 3.14. The number of aromatic nitrogens is 1. The Hall–Kier alpha value is -0.790. The Bertz CT molecular complexity index is 171. The van der Waals surface area contributed by atoms with Crippen molar-refractivity contribution in [3.63, 3.8) is 0 Å². The molecule has 0 radical (unpaired) electrons. The number of halogens is 1. The van der Waals surface area contributed by atoms with Gasteiger partial charge >= 0.3 is 0 Å². The lowest BCUT2D eigenvalue weighted by Crippen LogP contribution is -1.71. The molecule has 1 aromatic heterocycles. The molecular weight excluding hydrogens is 105 g/mol. The molecule has 8 heavy (non-hydrogen) atoms. The Morgan fingerprint density at radius 1 is 1.50 bits per heavy atom. The summed E-state index contributed by atoms with van der Waals surface area (Å²) in [7, 11) is 0. The van der Waals surface area contributed by atoms with Crippen LogP contribution in [0.3, 0.4) is 0 Å². The molecule has 1 rings (SSSR count). The monoisotopic (exact) mass is 113 g/mol. The highest BCUT2D eigenvalue weighted by Crippen LogP contribution is 2.04. The minimum absolute atomic E-state index is 0.250. The smallest absolute Gasteiger partial charge is 0.191 e. The lowest BCUT2D eigenvalue weighted by atomic mass is 10.3. The molecule has 0 atom stereocenters. The molecule has 1 N–H and O–H groups in total. The molecule has 1 aromatic rings. The second-order valence-electron chi connectivity index (χ2n) is 1.93. The number of H-pyrrole nitrogens is 1. The van der Waals surface area contributed by atoms with E-state index in [1.807, 2.05) is 13.8 Å². The van der Waals surface area contributed by atoms with Crippen molar-refractivity contribution in [2.45, 2.75) is 13.8 Å². The van der Waals surface area contributed by atoms with Crippen LogP contribution in [-0.2, 0) is 0 Å². The highest BCUT2D eigenvalue weighted by atomic mass is 19.1. The summed E-state index contributed by atoms with van der Waals surface area (Å²) >= 11 is 0. The number of nitrogens with one attached hydrogen (secondary N) is 1. The second kappa shape index (κ2) is 1.62. The summed E-state index contributed by atoms with van der Waals surface area (Å²) in [6.45, 7) is 3.72. The van der Waals surface area contributed by atoms with Gasteiger partial charge < -0.3 is 4.98 Å². The topological polar surface area (TPSA) is 15.8 Å². The van der Waals surface area contributed by atoms with Gasteiger partial charge in [0.1, 0.15) is 0 Å². The molecular formula is C6H8FN. The van der Waals surface area contributed by atoms with E-state index in [0.29, 0.717) is 0 Å². The molecule has 0 saturated carbocycles. The van der Waals surface area contributed by atoms with Gasteiger partial charge in [-0.25, -0.2) is 0 Å². The van der Waals surface area contributed by atoms with Gasteiger partial charge in [-0.2, -0.15) is 4.39 Å². The van der Waals surface area contributed by atoms with Crippen molar-refractivity contribution in [3.8, 4) is 0 Å². The van der Waals surface area contributed by atoms with E-state index in [1.165, 1.54) is 6.07 Å². The minimum atomic E-state index is -0.250. The third-order valence-corrected chi connectivity index (χ3v) is 1.24. The van der Waals surface area contributed by atoms with E-state index in [0.717, 1.165) is 11.3 Å². The lowest BCUT2D eigenvalue weighted by molar-refractivity contribution is 0.589. The summed E-state index contributed by atoms with van der Waals surface area (Å²) in [6.07, 6.45) is 0. The fourth-order valence-electron chi connectivity index (χ4n) is 0.612. The summed E-state index contributed by atoms with van der Waals surface area (Å²) < 4.78 is 12.1. The number of aryl methyl sites for hydroxylation is 2. The van der Waals surface area contributed by atoms with Crippen molar-refractivity contribution in [2.75, 3.05) is 0 Å². The van der Waals surface area contributed by atoms with Crippen LogP contribution in [0.25, 0.3) is 0 Å². The third-order valence-electron chi connectivity index (χ3n) is 1.24. The molecule has 0 aliphatic rings. The number of hydrogen-bond donors (Lipinski definition) is 1. The Labute approximate surface area is 47.5 Å². The average Bonchev–Trinajstić information content (AvgIpc) is 1.85. The zero-order chi connectivity index (χ0) is 6.15. The molecule has 0 aliphatic carbocycles. The van der Waals surface area contributed by atoms with Crippen LogP contribution < -0.4 is 0 Å². The second-order valence-corrected chi connectivity index (χ2v) is 1.93. The Morgan fingerprint density at radius 3 is 2.25 bits per heavy atom. The predicted molar refractivity (Wildman–Crippen MR) is 30.2 cm³/mol. The molecule has 0 aliphatic heterocycles. The van der Waals surface area contributed by atoms with E-state index in [9.17, 15) is 4.39 Å². The van der Waals surface area contributed by atoms with Gasteiger partial charge in [0.05, 0.1) is 0 Å². The summed E-state index contributed by atoms with van der Waals surface area (Å²) in [5.74, 6) is -0.250. The molecule has 2 heteroatoms. The molecule has 0 fully saturated rings. The highest BCUT2D eigenvalue weighted by Gasteiger charge is 1.95. The number of aromatic amines is 1. The fourth-order valence-corrected chi connectivity index (χ4v) is 0.612. The van der Waals surface area contributed by atoms with Crippen LogP contribution in [0.2, 0.25) is 0 Å². The van der Waals surface area contributed by atoms with Gasteiger partial charge in [-0.05, 0) is 25.5 Å². The first kappa shape index (κ1) is 5.35. The fraction of sp³-hybridized carbons (Fsp3) is 0.333. The van der Waals surface area contributed by atoms with E-state index < -0.39 is 0 Å². The number of hydrogen-bond acceptors (Lipinski definition) is 0. The molecule has 0 unspecified atom stereocenters. The van der Waals surface area contributed by atoms with Crippen molar-refractivity contribution in [3.05, 3.63) is 23.3 Å². The van der Waals surface area contributed by atoms with E-state index in [-0.39, 0.29) is 5.95 Å². The first-order valence-electron chi connectivity index (χ1n) is 2.52. The van der Waals surface area contributed by atoms with Crippen LogP contribution >= 0.6 is 0 Å². The van der Waals surface area contributed by atoms with Gasteiger partial charge in [0.15, 0.2) is 5.95 Å². The van der Waals surface area contributed by atoms with Crippen LogP contribution in [0.1, 0.15) is 11.3 Å². The van der Waals surface area contributed by atoms with Crippen LogP contribution in [0.4, 0.5) is 4.39 Å². The van der Waals surface area contributed by atoms with Gasteiger partial charge in [-0.3, -0.25) is 0 Å². The van der Waals surface area contributed by atoms with Crippen LogP contribution in [0.5, 0.6) is 0 Å². The minimum Gasteiger partial charge on any atom is -0.336 e. The van der Waals surface area contributed by atoms with Gasteiger partial charge in [-0.15, -0.1) is 0 Å². The van der Waals surface area contributed by atoms with Crippen LogP contribution in [0.15, 0.2) is 6.07 Å². The summed E-state index contributed by atoms with van der Waals surface area (Å²) in [5.41, 5.74) is 1.88. The predicted octanol–water partition coefficient (Wildman–Crippen LogP) is 1.77. The van der Waals surface area contributed by atoms with Gasteiger partial charge in [0.2, 0.25) is 0 Å². The average molecular weight is 113 g/mol. The van der Waals surface area contributed by atoms with E-state index in [1.54, 1.807) is 0 Å². The molecule has 0 amide bonds. The van der Waals surface area contributed by atoms with Crippen molar-refractivity contribution < 1.29 is 4.39 Å². The maximum absolute atomic E-state index is 12.1. The van der Waals surface area contributed by atoms with Crippen LogP contribution in [0, 0.1) is 19.8 Å². The van der Waals surface area contributed by atoms with Crippen molar-refractivity contribution in [1.29, 1.82) is 0 Å². The van der Waals surface area contributed by atoms with Crippen molar-refractivity contribution in [2.24, 2.45) is 0 Å². The largest absolute Gasteiger partial charge is 0.336 e. The maximum atomic E-state index is 12.1. The Morgan fingerprint density at radius 2 is 2.12 bits per heavy atom. The molecule has 44 valence electrons. The summed E-state index contributed by atoms with van der Waals surface area (Å²) in [4.78, 5) is 2.54. The molecule has 1 nitrogen and oxygen atoms in total. The van der Waals surface area contributed by atoms with Gasteiger partial charge in [0.25, 0.3) is 0 Å².